The number of benzene rings is 2. The Balaban J connectivity index is 1.69. The lowest BCUT2D eigenvalue weighted by Crippen LogP contribution is -2.34. The predicted molar refractivity (Wildman–Crippen MR) is 134 cm³/mol. The minimum atomic E-state index is -1.24. The van der Waals surface area contributed by atoms with Crippen molar-refractivity contribution >= 4 is 44.6 Å². The molecule has 2 aromatic heterocycles. The number of thiazole rings is 1. The van der Waals surface area contributed by atoms with Crippen LogP contribution in [0.2, 0.25) is 0 Å². The number of fused-ring (bicyclic) bond motifs is 1. The number of nitrogens with one attached hydrogen (secondary N) is 2. The lowest BCUT2D eigenvalue weighted by Gasteiger charge is -2.19. The number of hydrogen-bond donors (Lipinski definition) is 3. The number of carboxylic acid groups (broad SMARTS) is 1. The van der Waals surface area contributed by atoms with Crippen LogP contribution in [0.4, 0.5) is 5.13 Å². The SMILES string of the molecule is Cc1ccc(C(=O)Nc2nc3c(s2)c(C(=O)NC(C(=O)O)c2ccccc2)nn3C(C)(C)C)cc1. The highest BCUT2D eigenvalue weighted by Crippen LogP contribution is 2.32. The first-order chi connectivity index (χ1) is 16.5. The molecule has 1 atom stereocenters. The Kier molecular flexibility index (Phi) is 6.40. The molecule has 2 heterocycles. The van der Waals surface area contributed by atoms with Crippen molar-refractivity contribution in [3.8, 4) is 0 Å². The molecule has 0 bridgehead atoms. The molecule has 3 N–H and O–H groups in total. The molecule has 9 nitrogen and oxygen atoms in total. The first-order valence-electron chi connectivity index (χ1n) is 10.9. The Morgan fingerprint density at radius 1 is 1.00 bits per heavy atom. The first kappa shape index (κ1) is 24.1. The number of rotatable bonds is 6. The van der Waals surface area contributed by atoms with Crippen molar-refractivity contribution in [3.63, 3.8) is 0 Å². The number of carbonyl (C=O) groups is 3. The largest absolute Gasteiger partial charge is 0.479 e. The Bertz CT molecular complexity index is 1400. The van der Waals surface area contributed by atoms with Gasteiger partial charge in [0.2, 0.25) is 0 Å². The summed E-state index contributed by atoms with van der Waals surface area (Å²) in [4.78, 5) is 42.3. The summed E-state index contributed by atoms with van der Waals surface area (Å²) >= 11 is 1.11. The molecule has 0 aliphatic carbocycles. The van der Waals surface area contributed by atoms with Crippen molar-refractivity contribution in [3.05, 3.63) is 77.0 Å². The second-order valence-corrected chi connectivity index (χ2v) is 10.1. The molecule has 0 spiro atoms. The molecule has 0 saturated heterocycles. The summed E-state index contributed by atoms with van der Waals surface area (Å²) in [5, 5.41) is 19.8. The highest BCUT2D eigenvalue weighted by molar-refractivity contribution is 7.22. The molecule has 2 aromatic carbocycles. The fourth-order valence-electron chi connectivity index (χ4n) is 3.48. The number of hydrogen-bond acceptors (Lipinski definition) is 6. The zero-order valence-corrected chi connectivity index (χ0v) is 20.5. The van der Waals surface area contributed by atoms with E-state index in [0.717, 1.165) is 16.9 Å². The number of aromatic nitrogens is 3. The van der Waals surface area contributed by atoms with E-state index in [2.05, 4.69) is 20.7 Å². The number of nitrogens with zero attached hydrogens (tertiary/aromatic N) is 3. The van der Waals surface area contributed by atoms with Gasteiger partial charge in [0.1, 0.15) is 4.70 Å². The third-order valence-corrected chi connectivity index (χ3v) is 6.23. The van der Waals surface area contributed by atoms with Crippen LogP contribution in [0.15, 0.2) is 54.6 Å². The minimum absolute atomic E-state index is 0.0467. The summed E-state index contributed by atoms with van der Waals surface area (Å²) in [5.74, 6) is -2.15. The van der Waals surface area contributed by atoms with Crippen molar-refractivity contribution in [2.75, 3.05) is 5.32 Å². The van der Waals surface area contributed by atoms with Crippen LogP contribution >= 0.6 is 11.3 Å². The number of aryl methyl sites for hydroxylation is 1. The van der Waals surface area contributed by atoms with E-state index in [1.165, 1.54) is 0 Å². The Morgan fingerprint density at radius 3 is 2.26 bits per heavy atom. The van der Waals surface area contributed by atoms with Crippen LogP contribution in [0, 0.1) is 6.92 Å². The van der Waals surface area contributed by atoms with Gasteiger partial charge in [-0.05, 0) is 45.4 Å². The molecular formula is C25H25N5O4S. The second kappa shape index (κ2) is 9.30. The van der Waals surface area contributed by atoms with Crippen LogP contribution in [0.5, 0.6) is 0 Å². The van der Waals surface area contributed by atoms with Crippen LogP contribution in [-0.2, 0) is 10.3 Å². The Labute approximate surface area is 205 Å². The highest BCUT2D eigenvalue weighted by atomic mass is 32.1. The van der Waals surface area contributed by atoms with Crippen LogP contribution in [0.3, 0.4) is 0 Å². The first-order valence-corrected chi connectivity index (χ1v) is 11.7. The number of aliphatic carboxylic acids is 1. The summed E-state index contributed by atoms with van der Waals surface area (Å²) in [7, 11) is 0. The molecule has 2 amide bonds. The zero-order chi connectivity index (χ0) is 25.3. The van der Waals surface area contributed by atoms with Crippen molar-refractivity contribution in [1.82, 2.24) is 20.1 Å². The van der Waals surface area contributed by atoms with Gasteiger partial charge < -0.3 is 10.4 Å². The van der Waals surface area contributed by atoms with Gasteiger partial charge >= 0.3 is 5.97 Å². The maximum atomic E-state index is 13.2. The molecule has 4 rings (SSSR count). The third kappa shape index (κ3) is 5.07. The van der Waals surface area contributed by atoms with Crippen molar-refractivity contribution in [1.29, 1.82) is 0 Å². The van der Waals surface area contributed by atoms with E-state index in [-0.39, 0.29) is 11.6 Å². The zero-order valence-electron chi connectivity index (χ0n) is 19.7. The van der Waals surface area contributed by atoms with Crippen LogP contribution in [0.1, 0.15) is 58.8 Å². The number of carbonyl (C=O) groups excluding carboxylic acids is 2. The lowest BCUT2D eigenvalue weighted by atomic mass is 10.1. The molecule has 35 heavy (non-hydrogen) atoms. The number of anilines is 1. The molecule has 0 aliphatic rings. The van der Waals surface area contributed by atoms with Gasteiger partial charge in [0.15, 0.2) is 22.5 Å². The van der Waals surface area contributed by atoms with E-state index >= 15 is 0 Å². The Morgan fingerprint density at radius 2 is 1.66 bits per heavy atom. The van der Waals surface area contributed by atoms with Crippen molar-refractivity contribution in [2.24, 2.45) is 0 Å². The highest BCUT2D eigenvalue weighted by Gasteiger charge is 2.30. The topological polar surface area (TPSA) is 126 Å². The normalized spacial score (nSPS) is 12.3. The molecule has 0 aliphatic heterocycles. The molecule has 1 unspecified atom stereocenters. The van der Waals surface area contributed by atoms with Crippen LogP contribution < -0.4 is 10.6 Å². The lowest BCUT2D eigenvalue weighted by molar-refractivity contribution is -0.139. The second-order valence-electron chi connectivity index (χ2n) is 9.08. The standard InChI is InChI=1S/C25H25N5O4S/c1-14-10-12-16(13-11-14)21(31)28-24-27-20-19(35-24)18(29-30(20)25(2,3)4)22(32)26-17(23(33)34)15-8-6-5-7-9-15/h5-13,17H,1-4H3,(H,26,32)(H,33,34)(H,27,28,31). The average molecular weight is 492 g/mol. The van der Waals surface area contributed by atoms with Crippen molar-refractivity contribution in [2.45, 2.75) is 39.3 Å². The maximum absolute atomic E-state index is 13.2. The summed E-state index contributed by atoms with van der Waals surface area (Å²) in [6.07, 6.45) is 0. The van der Waals surface area contributed by atoms with Crippen LogP contribution in [0.25, 0.3) is 10.3 Å². The molecule has 0 fully saturated rings. The summed E-state index contributed by atoms with van der Waals surface area (Å²) in [6, 6.07) is 14.3. The Hall–Kier alpha value is -4.05. The van der Waals surface area contributed by atoms with Crippen LogP contribution in [-0.4, -0.2) is 37.7 Å². The van der Waals surface area contributed by atoms with E-state index in [9.17, 15) is 19.5 Å². The molecule has 0 saturated carbocycles. The fraction of sp³-hybridized carbons (Fsp3) is 0.240. The van der Waals surface area contributed by atoms with E-state index in [0.29, 0.717) is 26.6 Å². The smallest absolute Gasteiger partial charge is 0.330 e. The van der Waals surface area contributed by atoms with Gasteiger partial charge in [0, 0.05) is 5.56 Å². The predicted octanol–water partition coefficient (Wildman–Crippen LogP) is 4.36. The molecule has 10 heteroatoms. The van der Waals surface area contributed by atoms with E-state index in [4.69, 9.17) is 0 Å². The van der Waals surface area contributed by atoms with Gasteiger partial charge in [0.05, 0.1) is 5.54 Å². The van der Waals surface area contributed by atoms with E-state index < -0.39 is 23.5 Å². The maximum Gasteiger partial charge on any atom is 0.330 e. The average Bonchev–Trinajstić information content (AvgIpc) is 3.36. The quantitative estimate of drug-likeness (QED) is 0.368. The minimum Gasteiger partial charge on any atom is -0.479 e. The summed E-state index contributed by atoms with van der Waals surface area (Å²) in [6.45, 7) is 7.67. The molecular weight excluding hydrogens is 466 g/mol. The monoisotopic (exact) mass is 491 g/mol. The number of amides is 2. The van der Waals surface area contributed by atoms with E-state index in [1.807, 2.05) is 39.8 Å². The van der Waals surface area contributed by atoms with Gasteiger partial charge in [-0.25, -0.2) is 9.48 Å². The van der Waals surface area contributed by atoms with Gasteiger partial charge in [-0.3, -0.25) is 14.9 Å². The van der Waals surface area contributed by atoms with Gasteiger partial charge in [-0.1, -0.05) is 59.4 Å². The molecule has 0 radical (unpaired) electrons. The van der Waals surface area contributed by atoms with Crippen molar-refractivity contribution < 1.29 is 19.5 Å². The summed E-state index contributed by atoms with van der Waals surface area (Å²) < 4.78 is 2.06. The van der Waals surface area contributed by atoms with Gasteiger partial charge in [0.25, 0.3) is 11.8 Å². The van der Waals surface area contributed by atoms with E-state index in [1.54, 1.807) is 47.1 Å². The fourth-order valence-corrected chi connectivity index (χ4v) is 4.40. The third-order valence-electron chi connectivity index (χ3n) is 5.26. The van der Waals surface area contributed by atoms with Gasteiger partial charge in [-0.15, -0.1) is 0 Å². The van der Waals surface area contributed by atoms with Gasteiger partial charge in [-0.2, -0.15) is 10.1 Å². The molecule has 4 aromatic rings. The number of carboxylic acids is 1. The summed E-state index contributed by atoms with van der Waals surface area (Å²) in [5.41, 5.74) is 1.92. The molecule has 180 valence electrons.